The van der Waals surface area contributed by atoms with Crippen molar-refractivity contribution in [3.63, 3.8) is 0 Å². The Balaban J connectivity index is 2.12. The van der Waals surface area contributed by atoms with Crippen LogP contribution in [-0.4, -0.2) is 10.1 Å². The van der Waals surface area contributed by atoms with Gasteiger partial charge in [-0.25, -0.2) is 9.37 Å². The molecule has 1 aromatic heterocycles. The minimum atomic E-state index is -0.974. The Morgan fingerprint density at radius 3 is 2.67 bits per heavy atom. The van der Waals surface area contributed by atoms with Crippen molar-refractivity contribution in [2.75, 3.05) is 0 Å². The molecule has 2 nitrogen and oxygen atoms in total. The van der Waals surface area contributed by atoms with Crippen LogP contribution in [0.2, 0.25) is 0 Å². The van der Waals surface area contributed by atoms with Crippen LogP contribution >= 0.6 is 15.9 Å². The molecule has 0 bridgehead atoms. The molecular weight excluding hydrogens is 333 g/mol. The number of halogens is 2. The second-order valence-corrected chi connectivity index (χ2v) is 5.87. The number of aromatic nitrogens is 1. The number of rotatable bonds is 2. The van der Waals surface area contributed by atoms with Crippen molar-refractivity contribution in [2.45, 2.75) is 13.0 Å². The normalized spacial score (nSPS) is 12.6. The Hall–Kier alpha value is -1.78. The van der Waals surface area contributed by atoms with Crippen LogP contribution in [-0.2, 0) is 0 Å². The smallest absolute Gasteiger partial charge is 0.123 e. The van der Waals surface area contributed by atoms with Gasteiger partial charge in [0.05, 0.1) is 11.2 Å². The van der Waals surface area contributed by atoms with E-state index in [9.17, 15) is 9.50 Å². The zero-order valence-corrected chi connectivity index (χ0v) is 12.9. The van der Waals surface area contributed by atoms with Gasteiger partial charge in [0.25, 0.3) is 0 Å². The number of para-hydroxylation sites is 1. The van der Waals surface area contributed by atoms with Gasteiger partial charge in [-0.3, -0.25) is 0 Å². The molecule has 21 heavy (non-hydrogen) atoms. The van der Waals surface area contributed by atoms with Crippen LogP contribution in [0, 0.1) is 12.7 Å². The molecule has 0 fully saturated rings. The lowest BCUT2D eigenvalue weighted by atomic mass is 10.0. The van der Waals surface area contributed by atoms with E-state index in [1.165, 1.54) is 12.1 Å². The zero-order chi connectivity index (χ0) is 15.0. The maximum atomic E-state index is 13.5. The number of aryl methyl sites for hydroxylation is 1. The molecule has 0 amide bonds. The lowest BCUT2D eigenvalue weighted by Gasteiger charge is -2.14. The Bertz CT molecular complexity index is 799. The molecule has 2 aromatic carbocycles. The number of fused-ring (bicyclic) bond motifs is 1. The van der Waals surface area contributed by atoms with Crippen LogP contribution in [0.25, 0.3) is 10.9 Å². The maximum absolute atomic E-state index is 13.5. The van der Waals surface area contributed by atoms with Crippen molar-refractivity contribution < 1.29 is 9.50 Å². The van der Waals surface area contributed by atoms with Crippen LogP contribution in [0.4, 0.5) is 4.39 Å². The molecule has 0 saturated heterocycles. The molecule has 1 atom stereocenters. The van der Waals surface area contributed by atoms with Crippen LogP contribution in [0.5, 0.6) is 0 Å². The fourth-order valence-electron chi connectivity index (χ4n) is 2.38. The van der Waals surface area contributed by atoms with Gasteiger partial charge in [-0.15, -0.1) is 0 Å². The first kappa shape index (κ1) is 14.2. The molecule has 1 unspecified atom stereocenters. The summed E-state index contributed by atoms with van der Waals surface area (Å²) in [4.78, 5) is 4.49. The van der Waals surface area contributed by atoms with E-state index in [0.717, 1.165) is 16.5 Å². The van der Waals surface area contributed by atoms with Gasteiger partial charge in [0, 0.05) is 9.86 Å². The summed E-state index contributed by atoms with van der Waals surface area (Å²) in [5.74, 6) is -0.360. The minimum Gasteiger partial charge on any atom is -0.382 e. The Labute approximate surface area is 130 Å². The largest absolute Gasteiger partial charge is 0.382 e. The molecule has 4 heteroatoms. The Morgan fingerprint density at radius 1 is 1.14 bits per heavy atom. The summed E-state index contributed by atoms with van der Waals surface area (Å²) >= 11 is 3.44. The zero-order valence-electron chi connectivity index (χ0n) is 11.3. The first-order chi connectivity index (χ1) is 10.0. The fourth-order valence-corrected chi connectivity index (χ4v) is 2.93. The minimum absolute atomic E-state index is 0.360. The number of aliphatic hydroxyl groups is 1. The van der Waals surface area contributed by atoms with Crippen LogP contribution < -0.4 is 0 Å². The van der Waals surface area contributed by atoms with E-state index in [2.05, 4.69) is 20.9 Å². The molecule has 3 rings (SSSR count). The summed E-state index contributed by atoms with van der Waals surface area (Å²) in [6.45, 7) is 1.79. The molecule has 0 aliphatic heterocycles. The molecule has 1 heterocycles. The van der Waals surface area contributed by atoms with Gasteiger partial charge in [0.15, 0.2) is 0 Å². The standard InChI is InChI=1S/C17H13BrFNO/c1-10-6-12(8-13(19)7-10)17(21)16-14(18)9-11-4-2-3-5-15(11)20-16/h2-9,17,21H,1H3. The number of hydrogen-bond donors (Lipinski definition) is 1. The molecule has 1 N–H and O–H groups in total. The summed E-state index contributed by atoms with van der Waals surface area (Å²) in [5.41, 5.74) is 2.54. The van der Waals surface area contributed by atoms with Gasteiger partial charge < -0.3 is 5.11 Å². The summed E-state index contributed by atoms with van der Waals surface area (Å²) in [7, 11) is 0. The molecule has 0 saturated carbocycles. The number of benzene rings is 2. The highest BCUT2D eigenvalue weighted by Crippen LogP contribution is 2.30. The second-order valence-electron chi connectivity index (χ2n) is 5.01. The van der Waals surface area contributed by atoms with E-state index in [1.807, 2.05) is 30.3 Å². The third-order valence-corrected chi connectivity index (χ3v) is 3.98. The van der Waals surface area contributed by atoms with Crippen molar-refractivity contribution in [1.82, 2.24) is 4.98 Å². The molecule has 0 spiro atoms. The van der Waals surface area contributed by atoms with E-state index in [1.54, 1.807) is 13.0 Å². The molecule has 3 aromatic rings. The Morgan fingerprint density at radius 2 is 1.90 bits per heavy atom. The first-order valence-electron chi connectivity index (χ1n) is 6.55. The lowest BCUT2D eigenvalue weighted by Crippen LogP contribution is -2.05. The van der Waals surface area contributed by atoms with E-state index < -0.39 is 6.10 Å². The lowest BCUT2D eigenvalue weighted by molar-refractivity contribution is 0.214. The van der Waals surface area contributed by atoms with Crippen molar-refractivity contribution in [2.24, 2.45) is 0 Å². The van der Waals surface area contributed by atoms with Gasteiger partial charge in [-0.2, -0.15) is 0 Å². The summed E-state index contributed by atoms with van der Waals surface area (Å²) in [6, 6.07) is 14.1. The summed E-state index contributed by atoms with van der Waals surface area (Å²) in [6.07, 6.45) is -0.974. The van der Waals surface area contributed by atoms with Crippen molar-refractivity contribution in [1.29, 1.82) is 0 Å². The third kappa shape index (κ3) is 2.82. The SMILES string of the molecule is Cc1cc(F)cc(C(O)c2nc3ccccc3cc2Br)c1. The van der Waals surface area contributed by atoms with Crippen molar-refractivity contribution in [3.05, 3.63) is 75.6 Å². The van der Waals surface area contributed by atoms with Gasteiger partial charge in [-0.1, -0.05) is 24.3 Å². The predicted octanol–water partition coefficient (Wildman–Crippen LogP) is 4.53. The summed E-state index contributed by atoms with van der Waals surface area (Å²) in [5, 5.41) is 11.5. The number of hydrogen-bond acceptors (Lipinski definition) is 2. The highest BCUT2D eigenvalue weighted by Gasteiger charge is 2.17. The molecule has 0 radical (unpaired) electrons. The van der Waals surface area contributed by atoms with Crippen molar-refractivity contribution >= 4 is 26.8 Å². The number of aliphatic hydroxyl groups excluding tert-OH is 1. The highest BCUT2D eigenvalue weighted by atomic mass is 79.9. The van der Waals surface area contributed by atoms with Gasteiger partial charge in [-0.05, 0) is 58.2 Å². The molecule has 0 aliphatic carbocycles. The van der Waals surface area contributed by atoms with Gasteiger partial charge in [0.1, 0.15) is 11.9 Å². The fraction of sp³-hybridized carbons (Fsp3) is 0.118. The van der Waals surface area contributed by atoms with Crippen LogP contribution in [0.15, 0.2) is 53.0 Å². The maximum Gasteiger partial charge on any atom is 0.123 e. The summed E-state index contributed by atoms with van der Waals surface area (Å²) < 4.78 is 14.2. The molecule has 106 valence electrons. The van der Waals surface area contributed by atoms with E-state index in [-0.39, 0.29) is 5.82 Å². The second kappa shape index (κ2) is 5.54. The first-order valence-corrected chi connectivity index (χ1v) is 7.34. The topological polar surface area (TPSA) is 33.1 Å². The number of nitrogens with zero attached hydrogens (tertiary/aromatic N) is 1. The monoisotopic (exact) mass is 345 g/mol. The van der Waals surface area contributed by atoms with Crippen molar-refractivity contribution in [3.8, 4) is 0 Å². The van der Waals surface area contributed by atoms with E-state index in [4.69, 9.17) is 0 Å². The Kier molecular flexibility index (Phi) is 3.74. The van der Waals surface area contributed by atoms with E-state index in [0.29, 0.717) is 15.7 Å². The quantitative estimate of drug-likeness (QED) is 0.740. The average Bonchev–Trinajstić information content (AvgIpc) is 2.44. The molecular formula is C17H13BrFNO. The predicted molar refractivity (Wildman–Crippen MR) is 84.6 cm³/mol. The van der Waals surface area contributed by atoms with Gasteiger partial charge in [0.2, 0.25) is 0 Å². The third-order valence-electron chi connectivity index (χ3n) is 3.34. The van der Waals surface area contributed by atoms with Gasteiger partial charge >= 0.3 is 0 Å². The van der Waals surface area contributed by atoms with Crippen LogP contribution in [0.3, 0.4) is 0 Å². The highest BCUT2D eigenvalue weighted by molar-refractivity contribution is 9.10. The van der Waals surface area contributed by atoms with Crippen LogP contribution in [0.1, 0.15) is 22.9 Å². The number of pyridine rings is 1. The average molecular weight is 346 g/mol. The van der Waals surface area contributed by atoms with E-state index >= 15 is 0 Å². The molecule has 0 aliphatic rings.